The number of para-hydroxylation sites is 1. The van der Waals surface area contributed by atoms with Gasteiger partial charge in [-0.2, -0.15) is 5.10 Å². The lowest BCUT2D eigenvalue weighted by atomic mass is 10.0. The number of amides is 2. The molecule has 1 unspecified atom stereocenters. The van der Waals surface area contributed by atoms with Crippen LogP contribution in [0.15, 0.2) is 30.3 Å². The number of hydrogen-bond acceptors (Lipinski definition) is 4. The molecule has 2 amide bonds. The highest BCUT2D eigenvalue weighted by Gasteiger charge is 2.32. The van der Waals surface area contributed by atoms with Gasteiger partial charge in [-0.3, -0.25) is 9.59 Å². The predicted octanol–water partition coefficient (Wildman–Crippen LogP) is 2.65. The summed E-state index contributed by atoms with van der Waals surface area (Å²) in [5, 5.41) is 4.73. The van der Waals surface area contributed by atoms with Crippen LogP contribution in [0.2, 0.25) is 0 Å². The Hall–Kier alpha value is -2.67. The van der Waals surface area contributed by atoms with Crippen LogP contribution in [0.3, 0.4) is 0 Å². The van der Waals surface area contributed by atoms with Gasteiger partial charge in [-0.1, -0.05) is 18.2 Å². The van der Waals surface area contributed by atoms with Crippen LogP contribution in [0.25, 0.3) is 5.69 Å². The van der Waals surface area contributed by atoms with Crippen molar-refractivity contribution in [2.75, 3.05) is 33.4 Å². The van der Waals surface area contributed by atoms with Gasteiger partial charge < -0.3 is 14.5 Å². The first-order valence-corrected chi connectivity index (χ1v) is 10.1. The number of carbonyl (C=O) groups excluding carboxylic acids is 2. The lowest BCUT2D eigenvalue weighted by molar-refractivity contribution is -0.140. The fourth-order valence-corrected chi connectivity index (χ4v) is 3.87. The molecule has 1 atom stereocenters. The first-order valence-electron chi connectivity index (χ1n) is 10.1. The number of morpholine rings is 1. The normalized spacial score (nSPS) is 16.7. The van der Waals surface area contributed by atoms with Gasteiger partial charge >= 0.3 is 0 Å². The molecule has 1 fully saturated rings. The van der Waals surface area contributed by atoms with E-state index in [2.05, 4.69) is 0 Å². The highest BCUT2D eigenvalue weighted by Crippen LogP contribution is 2.31. The van der Waals surface area contributed by atoms with Crippen molar-refractivity contribution in [1.29, 1.82) is 0 Å². The van der Waals surface area contributed by atoms with Gasteiger partial charge in [-0.05, 0) is 32.4 Å². The van der Waals surface area contributed by atoms with Crippen LogP contribution in [0.1, 0.15) is 42.8 Å². The second-order valence-electron chi connectivity index (χ2n) is 7.55. The first kappa shape index (κ1) is 21.0. The van der Waals surface area contributed by atoms with Crippen molar-refractivity contribution in [1.82, 2.24) is 19.6 Å². The molecule has 1 aromatic carbocycles. The molecule has 2 aromatic rings. The maximum absolute atomic E-state index is 13.0. The van der Waals surface area contributed by atoms with Crippen molar-refractivity contribution in [2.45, 2.75) is 39.7 Å². The topological polar surface area (TPSA) is 67.7 Å². The minimum atomic E-state index is -0.140. The van der Waals surface area contributed by atoms with Crippen molar-refractivity contribution in [3.05, 3.63) is 47.3 Å². The van der Waals surface area contributed by atoms with Gasteiger partial charge in [0.1, 0.15) is 0 Å². The molecule has 1 aliphatic heterocycles. The summed E-state index contributed by atoms with van der Waals surface area (Å²) in [5.74, 6) is 0.114. The highest BCUT2D eigenvalue weighted by molar-refractivity contribution is 5.77. The van der Waals surface area contributed by atoms with Gasteiger partial charge in [0.25, 0.3) is 0 Å². The summed E-state index contributed by atoms with van der Waals surface area (Å²) >= 11 is 0. The van der Waals surface area contributed by atoms with E-state index in [1.165, 1.54) is 6.92 Å². The molecule has 156 valence electrons. The molecule has 0 N–H and O–H groups in total. The van der Waals surface area contributed by atoms with Crippen LogP contribution >= 0.6 is 0 Å². The van der Waals surface area contributed by atoms with Crippen LogP contribution in [0, 0.1) is 13.8 Å². The predicted molar refractivity (Wildman–Crippen MR) is 111 cm³/mol. The van der Waals surface area contributed by atoms with E-state index in [1.807, 2.05) is 53.8 Å². The largest absolute Gasteiger partial charge is 0.377 e. The van der Waals surface area contributed by atoms with Crippen molar-refractivity contribution >= 4 is 11.8 Å². The van der Waals surface area contributed by atoms with E-state index in [4.69, 9.17) is 9.84 Å². The average Bonchev–Trinajstić information content (AvgIpc) is 3.02. The SMILES string of the molecule is CC(=O)N(C)CCCC(=O)N1CCOCC1c1c(C)nn(-c2ccccc2)c1C. The first-order chi connectivity index (χ1) is 13.9. The molecule has 1 aliphatic rings. The third-order valence-electron chi connectivity index (χ3n) is 5.55. The molecular formula is C22H30N4O3. The highest BCUT2D eigenvalue weighted by atomic mass is 16.5. The molecule has 0 radical (unpaired) electrons. The van der Waals surface area contributed by atoms with Gasteiger partial charge in [-0.15, -0.1) is 0 Å². The van der Waals surface area contributed by atoms with Crippen molar-refractivity contribution in [3.8, 4) is 5.69 Å². The number of benzene rings is 1. The number of rotatable bonds is 6. The quantitative estimate of drug-likeness (QED) is 0.750. The van der Waals surface area contributed by atoms with E-state index in [9.17, 15) is 9.59 Å². The fourth-order valence-electron chi connectivity index (χ4n) is 3.87. The van der Waals surface area contributed by atoms with Crippen LogP contribution in [-0.2, 0) is 14.3 Å². The maximum Gasteiger partial charge on any atom is 0.223 e. The van der Waals surface area contributed by atoms with Gasteiger partial charge in [-0.25, -0.2) is 4.68 Å². The molecule has 7 heteroatoms. The van der Waals surface area contributed by atoms with Crippen molar-refractivity contribution < 1.29 is 14.3 Å². The molecular weight excluding hydrogens is 368 g/mol. The zero-order chi connectivity index (χ0) is 21.0. The van der Waals surface area contributed by atoms with Crippen molar-refractivity contribution in [3.63, 3.8) is 0 Å². The molecule has 3 rings (SSSR count). The second kappa shape index (κ2) is 9.22. The van der Waals surface area contributed by atoms with E-state index >= 15 is 0 Å². The number of hydrogen-bond donors (Lipinski definition) is 0. The van der Waals surface area contributed by atoms with Crippen LogP contribution < -0.4 is 0 Å². The van der Waals surface area contributed by atoms with E-state index in [0.29, 0.717) is 39.1 Å². The molecule has 1 saturated heterocycles. The third-order valence-corrected chi connectivity index (χ3v) is 5.55. The van der Waals surface area contributed by atoms with Gasteiger partial charge in [0.05, 0.1) is 30.6 Å². The second-order valence-corrected chi connectivity index (χ2v) is 7.55. The zero-order valence-electron chi connectivity index (χ0n) is 17.7. The molecule has 29 heavy (non-hydrogen) atoms. The summed E-state index contributed by atoms with van der Waals surface area (Å²) < 4.78 is 7.67. The average molecular weight is 399 g/mol. The Kier molecular flexibility index (Phi) is 6.69. The standard InChI is InChI=1S/C22H30N4O3/c1-16-22(17(2)26(23-16)19-9-6-5-7-10-19)20-15-29-14-13-25(20)21(28)11-8-12-24(4)18(3)27/h5-7,9-10,20H,8,11-15H2,1-4H3. The van der Waals surface area contributed by atoms with Crippen LogP contribution in [0.5, 0.6) is 0 Å². The number of carbonyl (C=O) groups is 2. The Bertz CT molecular complexity index is 862. The molecule has 1 aromatic heterocycles. The summed E-state index contributed by atoms with van der Waals surface area (Å²) in [4.78, 5) is 27.9. The van der Waals surface area contributed by atoms with E-state index in [0.717, 1.165) is 22.6 Å². The molecule has 0 spiro atoms. The monoisotopic (exact) mass is 398 g/mol. The molecule has 0 bridgehead atoms. The minimum absolute atomic E-state index is 0.0151. The summed E-state index contributed by atoms with van der Waals surface area (Å²) in [7, 11) is 1.76. The lowest BCUT2D eigenvalue weighted by Crippen LogP contribution is -2.44. The van der Waals surface area contributed by atoms with E-state index < -0.39 is 0 Å². The number of aromatic nitrogens is 2. The Morgan fingerprint density at radius 3 is 2.66 bits per heavy atom. The lowest BCUT2D eigenvalue weighted by Gasteiger charge is -2.36. The Labute approximate surface area is 172 Å². The number of ether oxygens (including phenoxy) is 1. The summed E-state index contributed by atoms with van der Waals surface area (Å²) in [6.07, 6.45) is 1.07. The van der Waals surface area contributed by atoms with Gasteiger partial charge in [0.15, 0.2) is 0 Å². The van der Waals surface area contributed by atoms with Crippen LogP contribution in [0.4, 0.5) is 0 Å². The Morgan fingerprint density at radius 2 is 1.97 bits per heavy atom. The summed E-state index contributed by atoms with van der Waals surface area (Å²) in [5.41, 5.74) is 4.00. The molecule has 0 aliphatic carbocycles. The molecule has 7 nitrogen and oxygen atoms in total. The fraction of sp³-hybridized carbons (Fsp3) is 0.500. The molecule has 0 saturated carbocycles. The smallest absolute Gasteiger partial charge is 0.223 e. The molecule has 2 heterocycles. The Morgan fingerprint density at radius 1 is 1.24 bits per heavy atom. The van der Waals surface area contributed by atoms with Crippen molar-refractivity contribution in [2.24, 2.45) is 0 Å². The maximum atomic E-state index is 13.0. The van der Waals surface area contributed by atoms with Gasteiger partial charge in [0.2, 0.25) is 11.8 Å². The Balaban J connectivity index is 1.79. The van der Waals surface area contributed by atoms with Gasteiger partial charge in [0, 0.05) is 44.7 Å². The summed E-state index contributed by atoms with van der Waals surface area (Å²) in [6, 6.07) is 9.87. The third kappa shape index (κ3) is 4.67. The minimum Gasteiger partial charge on any atom is -0.377 e. The van der Waals surface area contributed by atoms with Crippen LogP contribution in [-0.4, -0.2) is 64.7 Å². The van der Waals surface area contributed by atoms with E-state index in [-0.39, 0.29) is 17.9 Å². The van der Waals surface area contributed by atoms with E-state index in [1.54, 1.807) is 11.9 Å². The number of aryl methyl sites for hydroxylation is 1. The summed E-state index contributed by atoms with van der Waals surface area (Å²) in [6.45, 7) is 7.74. The zero-order valence-corrected chi connectivity index (χ0v) is 17.7. The number of nitrogens with zero attached hydrogens (tertiary/aromatic N) is 4.